The Morgan fingerprint density at radius 1 is 1.41 bits per heavy atom. The number of nitrogens with one attached hydrogen (secondary N) is 1. The van der Waals surface area contributed by atoms with Crippen molar-refractivity contribution >= 4 is 0 Å². The Morgan fingerprint density at radius 2 is 2.18 bits per heavy atom. The normalized spacial score (nSPS) is 23.5. The van der Waals surface area contributed by atoms with Crippen LogP contribution in [0.1, 0.15) is 18.5 Å². The molecule has 1 fully saturated rings. The highest BCUT2D eigenvalue weighted by atomic mass is 16.5. The van der Waals surface area contributed by atoms with Gasteiger partial charge in [0.1, 0.15) is 0 Å². The summed E-state index contributed by atoms with van der Waals surface area (Å²) < 4.78 is 5.73. The molecule has 1 N–H and O–H groups in total. The second kappa shape index (κ2) is 6.15. The summed E-state index contributed by atoms with van der Waals surface area (Å²) >= 11 is 0. The first kappa shape index (κ1) is 12.6. The highest BCUT2D eigenvalue weighted by Gasteiger charge is 2.24. The van der Waals surface area contributed by atoms with Crippen molar-refractivity contribution in [3.8, 4) is 0 Å². The topological polar surface area (TPSA) is 24.5 Å². The maximum absolute atomic E-state index is 5.73. The first-order chi connectivity index (χ1) is 8.31. The molecule has 3 nitrogen and oxygen atoms in total. The lowest BCUT2D eigenvalue weighted by molar-refractivity contribution is -0.0393. The second-order valence-corrected chi connectivity index (χ2v) is 4.63. The van der Waals surface area contributed by atoms with E-state index in [0.29, 0.717) is 12.1 Å². The molecular formula is C14H22N2O. The third-order valence-corrected chi connectivity index (χ3v) is 3.43. The van der Waals surface area contributed by atoms with E-state index in [2.05, 4.69) is 47.5 Å². The van der Waals surface area contributed by atoms with Gasteiger partial charge in [0.05, 0.1) is 12.7 Å². The zero-order valence-corrected chi connectivity index (χ0v) is 10.7. The molecule has 2 rings (SSSR count). The Hall–Kier alpha value is -0.900. The van der Waals surface area contributed by atoms with Crippen LogP contribution in [0.2, 0.25) is 0 Å². The molecule has 3 heteroatoms. The summed E-state index contributed by atoms with van der Waals surface area (Å²) in [5.41, 5.74) is 1.39. The van der Waals surface area contributed by atoms with Crippen molar-refractivity contribution in [3.05, 3.63) is 35.9 Å². The van der Waals surface area contributed by atoms with Crippen molar-refractivity contribution in [3.63, 3.8) is 0 Å². The van der Waals surface area contributed by atoms with Gasteiger partial charge in [-0.2, -0.15) is 0 Å². The zero-order valence-electron chi connectivity index (χ0n) is 10.7. The molecule has 0 radical (unpaired) electrons. The maximum Gasteiger partial charge on any atom is 0.0826 e. The van der Waals surface area contributed by atoms with Gasteiger partial charge in [-0.15, -0.1) is 0 Å². The van der Waals surface area contributed by atoms with Crippen molar-refractivity contribution in [2.24, 2.45) is 0 Å². The molecule has 1 aliphatic heterocycles. The van der Waals surface area contributed by atoms with Gasteiger partial charge in [0.2, 0.25) is 0 Å². The van der Waals surface area contributed by atoms with Crippen LogP contribution in [0, 0.1) is 0 Å². The zero-order chi connectivity index (χ0) is 12.1. The van der Waals surface area contributed by atoms with Crippen molar-refractivity contribution in [1.82, 2.24) is 10.2 Å². The van der Waals surface area contributed by atoms with E-state index in [1.807, 2.05) is 7.05 Å². The summed E-state index contributed by atoms with van der Waals surface area (Å²) in [4.78, 5) is 2.50. The number of hydrogen-bond acceptors (Lipinski definition) is 3. The fourth-order valence-electron chi connectivity index (χ4n) is 2.39. The van der Waals surface area contributed by atoms with Crippen LogP contribution < -0.4 is 5.32 Å². The van der Waals surface area contributed by atoms with Gasteiger partial charge in [-0.1, -0.05) is 30.3 Å². The smallest absolute Gasteiger partial charge is 0.0826 e. The summed E-state index contributed by atoms with van der Waals surface area (Å²) in [7, 11) is 1.98. The number of likely N-dealkylation sites (N-methyl/N-ethyl adjacent to an activating group) is 1. The molecule has 0 spiro atoms. The van der Waals surface area contributed by atoms with E-state index in [1.165, 1.54) is 5.56 Å². The van der Waals surface area contributed by atoms with Gasteiger partial charge in [-0.05, 0) is 19.5 Å². The molecule has 17 heavy (non-hydrogen) atoms. The van der Waals surface area contributed by atoms with Gasteiger partial charge >= 0.3 is 0 Å². The summed E-state index contributed by atoms with van der Waals surface area (Å²) in [5.74, 6) is 0. The fraction of sp³-hybridized carbons (Fsp3) is 0.571. The molecule has 0 saturated carbocycles. The van der Waals surface area contributed by atoms with Gasteiger partial charge in [-0.3, -0.25) is 4.90 Å². The standard InChI is InChI=1S/C14H22N2O/c1-12(13-6-4-3-5-7-13)16-8-9-17-14(11-16)10-15-2/h3-7,12,14-15H,8-11H2,1-2H3. The molecule has 1 aliphatic rings. The minimum Gasteiger partial charge on any atom is -0.374 e. The summed E-state index contributed by atoms with van der Waals surface area (Å²) in [6, 6.07) is 11.2. The lowest BCUT2D eigenvalue weighted by atomic mass is 10.1. The van der Waals surface area contributed by atoms with E-state index in [1.54, 1.807) is 0 Å². The lowest BCUT2D eigenvalue weighted by Crippen LogP contribution is -2.46. The molecule has 0 amide bonds. The van der Waals surface area contributed by atoms with Crippen LogP contribution >= 0.6 is 0 Å². The van der Waals surface area contributed by atoms with Crippen molar-refractivity contribution in [2.75, 3.05) is 33.3 Å². The van der Waals surface area contributed by atoms with Gasteiger partial charge in [0.25, 0.3) is 0 Å². The van der Waals surface area contributed by atoms with E-state index in [-0.39, 0.29) is 0 Å². The molecule has 0 aromatic heterocycles. The highest BCUT2D eigenvalue weighted by molar-refractivity contribution is 5.18. The molecule has 0 aliphatic carbocycles. The molecule has 2 unspecified atom stereocenters. The largest absolute Gasteiger partial charge is 0.374 e. The van der Waals surface area contributed by atoms with Crippen LogP contribution in [0.25, 0.3) is 0 Å². The molecule has 2 atom stereocenters. The van der Waals surface area contributed by atoms with Crippen LogP contribution in [0.5, 0.6) is 0 Å². The quantitative estimate of drug-likeness (QED) is 0.857. The predicted molar refractivity (Wildman–Crippen MR) is 70.1 cm³/mol. The SMILES string of the molecule is CNCC1CN(C(C)c2ccccc2)CCO1. The maximum atomic E-state index is 5.73. The Kier molecular flexibility index (Phi) is 4.54. The van der Waals surface area contributed by atoms with Gasteiger partial charge in [0, 0.05) is 25.7 Å². The molecule has 1 aromatic carbocycles. The van der Waals surface area contributed by atoms with E-state index < -0.39 is 0 Å². The average molecular weight is 234 g/mol. The first-order valence-corrected chi connectivity index (χ1v) is 6.36. The van der Waals surface area contributed by atoms with E-state index in [0.717, 1.165) is 26.2 Å². The summed E-state index contributed by atoms with van der Waals surface area (Å²) in [6.45, 7) is 6.08. The van der Waals surface area contributed by atoms with Crippen LogP contribution in [-0.2, 0) is 4.74 Å². The van der Waals surface area contributed by atoms with Gasteiger partial charge < -0.3 is 10.1 Å². The molecule has 94 valence electrons. The third-order valence-electron chi connectivity index (χ3n) is 3.43. The lowest BCUT2D eigenvalue weighted by Gasteiger charge is -2.37. The molecule has 1 saturated heterocycles. The minimum atomic E-state index is 0.319. The number of nitrogens with zero attached hydrogens (tertiary/aromatic N) is 1. The molecule has 0 bridgehead atoms. The van der Waals surface area contributed by atoms with Crippen LogP contribution in [-0.4, -0.2) is 44.3 Å². The number of hydrogen-bond donors (Lipinski definition) is 1. The fourth-order valence-corrected chi connectivity index (χ4v) is 2.39. The number of rotatable bonds is 4. The highest BCUT2D eigenvalue weighted by Crippen LogP contribution is 2.21. The number of ether oxygens (including phenoxy) is 1. The van der Waals surface area contributed by atoms with Crippen molar-refractivity contribution in [1.29, 1.82) is 0 Å². The predicted octanol–water partition coefficient (Wildman–Crippen LogP) is 1.67. The molecule has 1 heterocycles. The van der Waals surface area contributed by atoms with Gasteiger partial charge in [-0.25, -0.2) is 0 Å². The second-order valence-electron chi connectivity index (χ2n) is 4.63. The van der Waals surface area contributed by atoms with E-state index >= 15 is 0 Å². The van der Waals surface area contributed by atoms with Crippen LogP contribution in [0.15, 0.2) is 30.3 Å². The van der Waals surface area contributed by atoms with Crippen molar-refractivity contribution < 1.29 is 4.74 Å². The first-order valence-electron chi connectivity index (χ1n) is 6.36. The van der Waals surface area contributed by atoms with Crippen LogP contribution in [0.3, 0.4) is 0 Å². The summed E-state index contributed by atoms with van der Waals surface area (Å²) in [6.07, 6.45) is 0.319. The Balaban J connectivity index is 1.97. The van der Waals surface area contributed by atoms with Crippen LogP contribution in [0.4, 0.5) is 0 Å². The van der Waals surface area contributed by atoms with Crippen molar-refractivity contribution in [2.45, 2.75) is 19.1 Å². The Morgan fingerprint density at radius 3 is 2.88 bits per heavy atom. The van der Waals surface area contributed by atoms with E-state index in [4.69, 9.17) is 4.74 Å². The number of benzene rings is 1. The third kappa shape index (κ3) is 3.28. The Bertz CT molecular complexity index is 326. The molecule has 1 aromatic rings. The molecular weight excluding hydrogens is 212 g/mol. The summed E-state index contributed by atoms with van der Waals surface area (Å²) in [5, 5.41) is 3.18. The monoisotopic (exact) mass is 234 g/mol. The number of morpholine rings is 1. The van der Waals surface area contributed by atoms with E-state index in [9.17, 15) is 0 Å². The Labute approximate surface area is 104 Å². The minimum absolute atomic E-state index is 0.319. The average Bonchev–Trinajstić information content (AvgIpc) is 2.40. The van der Waals surface area contributed by atoms with Gasteiger partial charge in [0.15, 0.2) is 0 Å².